The van der Waals surface area contributed by atoms with Crippen LogP contribution in [0.4, 0.5) is 0 Å². The fraction of sp³-hybridized carbons (Fsp3) is 1.00. The molecule has 0 bridgehead atoms. The Hall–Kier alpha value is -0.0800. The van der Waals surface area contributed by atoms with E-state index in [-0.39, 0.29) is 10.8 Å². The minimum absolute atomic E-state index is 0.237. The van der Waals surface area contributed by atoms with Crippen LogP contribution in [0.25, 0.3) is 0 Å². The van der Waals surface area contributed by atoms with Crippen LogP contribution in [0.1, 0.15) is 59.8 Å². The third-order valence-corrected chi connectivity index (χ3v) is 6.80. The van der Waals surface area contributed by atoms with Crippen LogP contribution in [0.15, 0.2) is 0 Å². The van der Waals surface area contributed by atoms with Crippen LogP contribution in [0, 0.1) is 22.2 Å². The van der Waals surface area contributed by atoms with Gasteiger partial charge in [0.05, 0.1) is 11.7 Å². The zero-order valence-corrected chi connectivity index (χ0v) is 11.6. The van der Waals surface area contributed by atoms with Gasteiger partial charge in [-0.05, 0) is 54.8 Å². The van der Waals surface area contributed by atoms with Crippen molar-refractivity contribution in [2.45, 2.75) is 71.5 Å². The molecule has 0 aromatic carbocycles. The summed E-state index contributed by atoms with van der Waals surface area (Å²) >= 11 is 0. The lowest BCUT2D eigenvalue weighted by atomic mass is 9.47. The van der Waals surface area contributed by atoms with Crippen molar-refractivity contribution >= 4 is 0 Å². The summed E-state index contributed by atoms with van der Waals surface area (Å²) in [4.78, 5) is 0. The van der Waals surface area contributed by atoms with Crippen molar-refractivity contribution in [1.29, 1.82) is 0 Å². The predicted molar refractivity (Wildman–Crippen MR) is 67.5 cm³/mol. The average molecular weight is 238 g/mol. The number of hydrogen-bond acceptors (Lipinski definition) is 2. The van der Waals surface area contributed by atoms with Crippen molar-refractivity contribution in [3.8, 4) is 0 Å². The number of aliphatic hydroxyl groups excluding tert-OH is 1. The molecule has 2 N–H and O–H groups in total. The second-order valence-electron chi connectivity index (χ2n) is 7.97. The van der Waals surface area contributed by atoms with Gasteiger partial charge < -0.3 is 10.2 Å². The molecule has 0 aromatic heterocycles. The fourth-order valence-electron chi connectivity index (χ4n) is 5.72. The molecule has 0 aliphatic heterocycles. The highest BCUT2D eigenvalue weighted by atomic mass is 16.3. The van der Waals surface area contributed by atoms with E-state index in [4.69, 9.17) is 0 Å². The molecule has 3 aliphatic rings. The second kappa shape index (κ2) is 2.91. The Morgan fingerprint density at radius 1 is 1.00 bits per heavy atom. The highest BCUT2D eigenvalue weighted by Crippen LogP contribution is 2.81. The minimum Gasteiger partial charge on any atom is -0.390 e. The maximum atomic E-state index is 10.6. The number of hydrogen-bond donors (Lipinski definition) is 2. The van der Waals surface area contributed by atoms with Gasteiger partial charge >= 0.3 is 0 Å². The van der Waals surface area contributed by atoms with Crippen molar-refractivity contribution in [3.63, 3.8) is 0 Å². The topological polar surface area (TPSA) is 40.5 Å². The van der Waals surface area contributed by atoms with E-state index in [2.05, 4.69) is 20.8 Å². The predicted octanol–water partition coefficient (Wildman–Crippen LogP) is 2.72. The van der Waals surface area contributed by atoms with E-state index in [1.54, 1.807) is 0 Å². The first kappa shape index (κ1) is 12.0. The maximum Gasteiger partial charge on any atom is 0.0911 e. The molecule has 2 nitrogen and oxygen atoms in total. The Balaban J connectivity index is 2.07. The molecule has 0 radical (unpaired) electrons. The van der Waals surface area contributed by atoms with Crippen molar-refractivity contribution in [3.05, 3.63) is 0 Å². The summed E-state index contributed by atoms with van der Waals surface area (Å²) < 4.78 is 0. The van der Waals surface area contributed by atoms with Gasteiger partial charge in [0.15, 0.2) is 0 Å². The zero-order chi connectivity index (χ0) is 12.7. The van der Waals surface area contributed by atoms with Gasteiger partial charge in [0.1, 0.15) is 0 Å². The van der Waals surface area contributed by atoms with E-state index in [0.29, 0.717) is 11.3 Å². The van der Waals surface area contributed by atoms with Crippen LogP contribution < -0.4 is 0 Å². The smallest absolute Gasteiger partial charge is 0.0911 e. The molecule has 3 rings (SSSR count). The van der Waals surface area contributed by atoms with Gasteiger partial charge in [0.2, 0.25) is 0 Å². The largest absolute Gasteiger partial charge is 0.390 e. The summed E-state index contributed by atoms with van der Waals surface area (Å²) in [5.74, 6) is 0.305. The molecule has 3 aliphatic carbocycles. The first-order valence-electron chi connectivity index (χ1n) is 7.08. The van der Waals surface area contributed by atoms with Gasteiger partial charge in [-0.3, -0.25) is 0 Å². The third-order valence-electron chi connectivity index (χ3n) is 6.80. The highest BCUT2D eigenvalue weighted by Gasteiger charge is 2.78. The molecule has 5 atom stereocenters. The van der Waals surface area contributed by atoms with Gasteiger partial charge in [-0.15, -0.1) is 0 Å². The maximum absolute atomic E-state index is 10.6. The lowest BCUT2D eigenvalue weighted by Gasteiger charge is -2.58. The van der Waals surface area contributed by atoms with Crippen molar-refractivity contribution in [2.75, 3.05) is 0 Å². The minimum atomic E-state index is -0.867. The van der Waals surface area contributed by atoms with E-state index in [0.717, 1.165) is 12.8 Å². The molecular weight excluding hydrogens is 212 g/mol. The molecule has 3 fully saturated rings. The molecule has 0 amide bonds. The normalized spacial score (nSPS) is 60.4. The van der Waals surface area contributed by atoms with Crippen molar-refractivity contribution in [2.24, 2.45) is 22.2 Å². The molecule has 0 saturated heterocycles. The average Bonchev–Trinajstić information content (AvgIpc) is 2.91. The Bertz CT molecular complexity index is 360. The van der Waals surface area contributed by atoms with Crippen molar-refractivity contribution in [1.82, 2.24) is 0 Å². The molecule has 98 valence electrons. The van der Waals surface area contributed by atoms with Gasteiger partial charge in [-0.2, -0.15) is 0 Å². The molecule has 17 heavy (non-hydrogen) atoms. The third kappa shape index (κ3) is 1.14. The van der Waals surface area contributed by atoms with Gasteiger partial charge in [-0.1, -0.05) is 27.2 Å². The second-order valence-corrected chi connectivity index (χ2v) is 7.97. The monoisotopic (exact) mass is 238 g/mol. The fourth-order valence-corrected chi connectivity index (χ4v) is 5.72. The summed E-state index contributed by atoms with van der Waals surface area (Å²) in [6.45, 7) is 8.95. The van der Waals surface area contributed by atoms with Crippen molar-refractivity contribution < 1.29 is 10.2 Å². The van der Waals surface area contributed by atoms with E-state index in [1.807, 2.05) is 6.92 Å². The molecule has 0 heterocycles. The lowest BCUT2D eigenvalue weighted by Crippen LogP contribution is -2.58. The zero-order valence-electron chi connectivity index (χ0n) is 11.6. The summed E-state index contributed by atoms with van der Waals surface area (Å²) in [6.07, 6.45) is 5.11. The van der Waals surface area contributed by atoms with E-state index < -0.39 is 11.7 Å². The molecule has 2 heteroatoms. The summed E-state index contributed by atoms with van der Waals surface area (Å²) in [7, 11) is 0. The van der Waals surface area contributed by atoms with Gasteiger partial charge in [0, 0.05) is 0 Å². The summed E-state index contributed by atoms with van der Waals surface area (Å²) in [6, 6.07) is 0. The molecule has 1 spiro atoms. The molecule has 0 aromatic rings. The van der Waals surface area contributed by atoms with E-state index in [1.165, 1.54) is 19.3 Å². The van der Waals surface area contributed by atoms with Crippen LogP contribution in [0.5, 0.6) is 0 Å². The van der Waals surface area contributed by atoms with E-state index >= 15 is 0 Å². The summed E-state index contributed by atoms with van der Waals surface area (Å²) in [5.41, 5.74) is -0.0367. The number of rotatable bonds is 0. The molecular formula is C15H26O2. The van der Waals surface area contributed by atoms with Gasteiger partial charge in [-0.25, -0.2) is 0 Å². The Morgan fingerprint density at radius 2 is 1.65 bits per heavy atom. The van der Waals surface area contributed by atoms with Gasteiger partial charge in [0.25, 0.3) is 0 Å². The summed E-state index contributed by atoms with van der Waals surface area (Å²) in [5, 5.41) is 20.8. The highest BCUT2D eigenvalue weighted by molar-refractivity contribution is 5.27. The van der Waals surface area contributed by atoms with Crippen LogP contribution in [0.2, 0.25) is 0 Å². The Kier molecular flexibility index (Phi) is 2.05. The lowest BCUT2D eigenvalue weighted by molar-refractivity contribution is -0.181. The standard InChI is InChI=1S/C15H26O2/c1-12(2)6-5-7-13(3)9-11(16)14(4,17)10-8-15(10,12)13/h10-11,16-17H,5-9H2,1-4H3. The van der Waals surface area contributed by atoms with Crippen LogP contribution in [0.3, 0.4) is 0 Å². The first-order chi connectivity index (χ1) is 7.67. The van der Waals surface area contributed by atoms with Crippen LogP contribution >= 0.6 is 0 Å². The quantitative estimate of drug-likeness (QED) is 0.681. The Labute approximate surface area is 104 Å². The van der Waals surface area contributed by atoms with E-state index in [9.17, 15) is 10.2 Å². The Morgan fingerprint density at radius 3 is 2.29 bits per heavy atom. The number of aliphatic hydroxyl groups is 2. The molecule has 3 saturated carbocycles. The first-order valence-corrected chi connectivity index (χ1v) is 7.08. The van der Waals surface area contributed by atoms with Crippen LogP contribution in [-0.2, 0) is 0 Å². The molecule has 5 unspecified atom stereocenters. The van der Waals surface area contributed by atoms with Crippen LogP contribution in [-0.4, -0.2) is 21.9 Å². The SMILES string of the molecule is CC1(O)C(O)CC2(C)CCCC(C)(C)C23CC13.